The number of hydrogen-bond acceptors (Lipinski definition) is 3. The molecule has 2 bridgehead atoms. The van der Waals surface area contributed by atoms with Gasteiger partial charge in [0.25, 0.3) is 0 Å². The summed E-state index contributed by atoms with van der Waals surface area (Å²) < 4.78 is 5.29. The summed E-state index contributed by atoms with van der Waals surface area (Å²) in [7, 11) is 0. The van der Waals surface area contributed by atoms with Crippen LogP contribution >= 0.6 is 0 Å². The highest BCUT2D eigenvalue weighted by molar-refractivity contribution is 5.70. The fourth-order valence-corrected chi connectivity index (χ4v) is 2.30. The summed E-state index contributed by atoms with van der Waals surface area (Å²) in [6.45, 7) is 6.38. The molecule has 2 heterocycles. The van der Waals surface area contributed by atoms with Crippen molar-refractivity contribution < 1.29 is 9.53 Å². The number of carbonyl (C=O) groups excluding carboxylic acids is 1. The maximum Gasteiger partial charge on any atom is 0.411 e. The predicted octanol–water partition coefficient (Wildman–Crippen LogP) is 1.30. The van der Waals surface area contributed by atoms with Gasteiger partial charge in [0.1, 0.15) is 5.60 Å². The van der Waals surface area contributed by atoms with E-state index in [9.17, 15) is 4.79 Å². The number of ether oxygens (including phenoxy) is 1. The molecule has 1 aliphatic carbocycles. The summed E-state index contributed by atoms with van der Waals surface area (Å²) in [6.07, 6.45) is 1.61. The first kappa shape index (κ1) is 9.77. The van der Waals surface area contributed by atoms with Crippen molar-refractivity contribution >= 4 is 6.09 Å². The van der Waals surface area contributed by atoms with Crippen LogP contribution in [0.5, 0.6) is 0 Å². The predicted molar refractivity (Wildman–Crippen MR) is 52.6 cm³/mol. The summed E-state index contributed by atoms with van der Waals surface area (Å²) in [5, 5.41) is 0. The minimum atomic E-state index is -0.430. The summed E-state index contributed by atoms with van der Waals surface area (Å²) in [6, 6.07) is 0. The second-order valence-electron chi connectivity index (χ2n) is 5.47. The molecule has 2 saturated heterocycles. The van der Waals surface area contributed by atoms with Crippen molar-refractivity contribution in [3.63, 3.8) is 0 Å². The van der Waals surface area contributed by atoms with Crippen molar-refractivity contribution in [3.8, 4) is 0 Å². The first-order valence-electron chi connectivity index (χ1n) is 5.10. The Balaban J connectivity index is 2.00. The van der Waals surface area contributed by atoms with Crippen LogP contribution in [0.2, 0.25) is 0 Å². The normalized spacial score (nSPS) is 35.4. The number of hydrogen-bond donors (Lipinski definition) is 1. The molecule has 0 unspecified atom stereocenters. The molecule has 4 nitrogen and oxygen atoms in total. The molecule has 4 heteroatoms. The quantitative estimate of drug-likeness (QED) is 0.638. The van der Waals surface area contributed by atoms with Crippen LogP contribution in [0.1, 0.15) is 33.6 Å². The lowest BCUT2D eigenvalue weighted by molar-refractivity contribution is 0.00843. The largest absolute Gasteiger partial charge is 0.444 e. The van der Waals surface area contributed by atoms with Crippen LogP contribution in [-0.2, 0) is 4.74 Å². The average molecular weight is 198 g/mol. The molecule has 0 atom stereocenters. The van der Waals surface area contributed by atoms with Crippen LogP contribution in [0.4, 0.5) is 4.79 Å². The first-order chi connectivity index (χ1) is 6.30. The zero-order valence-corrected chi connectivity index (χ0v) is 9.04. The third-order valence-electron chi connectivity index (χ3n) is 2.88. The topological polar surface area (TPSA) is 55.6 Å². The third kappa shape index (κ3) is 1.47. The number of nitrogens with zero attached hydrogens (tertiary/aromatic N) is 1. The van der Waals surface area contributed by atoms with E-state index in [1.54, 1.807) is 4.90 Å². The Kier molecular flexibility index (Phi) is 1.83. The highest BCUT2D eigenvalue weighted by Crippen LogP contribution is 2.47. The number of nitrogens with two attached hydrogens (primary N) is 1. The van der Waals surface area contributed by atoms with Crippen LogP contribution in [0.3, 0.4) is 0 Å². The van der Waals surface area contributed by atoms with Gasteiger partial charge in [-0.15, -0.1) is 0 Å². The molecule has 0 spiro atoms. The lowest BCUT2D eigenvalue weighted by Crippen LogP contribution is -2.56. The van der Waals surface area contributed by atoms with Gasteiger partial charge in [-0.3, -0.25) is 4.90 Å². The molecule has 0 aromatic heterocycles. The molecule has 0 aromatic rings. The Labute approximate surface area is 84.4 Å². The van der Waals surface area contributed by atoms with Crippen molar-refractivity contribution in [2.45, 2.75) is 44.9 Å². The van der Waals surface area contributed by atoms with Crippen LogP contribution in [-0.4, -0.2) is 28.8 Å². The standard InChI is InChI=1S/C10H18N2O2/c1-9(2,3)14-8(13)12-6-7-4-10(12,11)5-7/h7H,4-6,11H2,1-3H3. The lowest BCUT2D eigenvalue weighted by Gasteiger charge is -2.38. The fourth-order valence-electron chi connectivity index (χ4n) is 2.30. The smallest absolute Gasteiger partial charge is 0.411 e. The number of fused-ring (bicyclic) bond motifs is 1. The Hall–Kier alpha value is -0.770. The van der Waals surface area contributed by atoms with Crippen molar-refractivity contribution in [3.05, 3.63) is 0 Å². The Morgan fingerprint density at radius 3 is 2.43 bits per heavy atom. The molecular formula is C10H18N2O2. The summed E-state index contributed by atoms with van der Waals surface area (Å²) in [4.78, 5) is 13.4. The van der Waals surface area contributed by atoms with E-state index in [1.165, 1.54) is 0 Å². The monoisotopic (exact) mass is 198 g/mol. The van der Waals surface area contributed by atoms with E-state index in [0.717, 1.165) is 19.4 Å². The van der Waals surface area contributed by atoms with Gasteiger partial charge < -0.3 is 10.5 Å². The molecule has 2 N–H and O–H groups in total. The molecule has 80 valence electrons. The van der Waals surface area contributed by atoms with Crippen molar-refractivity contribution in [2.75, 3.05) is 6.54 Å². The number of rotatable bonds is 0. The first-order valence-corrected chi connectivity index (χ1v) is 5.10. The third-order valence-corrected chi connectivity index (χ3v) is 2.88. The van der Waals surface area contributed by atoms with Gasteiger partial charge in [0.15, 0.2) is 0 Å². The number of amides is 1. The average Bonchev–Trinajstić information content (AvgIpc) is 2.35. The zero-order valence-electron chi connectivity index (χ0n) is 9.04. The molecule has 14 heavy (non-hydrogen) atoms. The minimum absolute atomic E-state index is 0.264. The zero-order chi connectivity index (χ0) is 10.6. The molecule has 3 rings (SSSR count). The van der Waals surface area contributed by atoms with Crippen LogP contribution in [0.25, 0.3) is 0 Å². The van der Waals surface area contributed by atoms with E-state index < -0.39 is 11.3 Å². The molecule has 2 aliphatic heterocycles. The summed E-state index contributed by atoms with van der Waals surface area (Å²) in [5.74, 6) is 0.604. The molecule has 1 saturated carbocycles. The van der Waals surface area contributed by atoms with E-state index in [4.69, 9.17) is 10.5 Å². The van der Waals surface area contributed by atoms with Gasteiger partial charge in [0.05, 0.1) is 5.66 Å². The second-order valence-corrected chi connectivity index (χ2v) is 5.47. The van der Waals surface area contributed by atoms with Crippen molar-refractivity contribution in [2.24, 2.45) is 11.7 Å². The fraction of sp³-hybridized carbons (Fsp3) is 0.900. The Morgan fingerprint density at radius 1 is 1.50 bits per heavy atom. The second kappa shape index (κ2) is 2.63. The summed E-state index contributed by atoms with van der Waals surface area (Å²) in [5.41, 5.74) is 5.21. The summed E-state index contributed by atoms with van der Waals surface area (Å²) >= 11 is 0. The van der Waals surface area contributed by atoms with Gasteiger partial charge in [0, 0.05) is 6.54 Å². The molecule has 3 aliphatic rings. The van der Waals surface area contributed by atoms with E-state index >= 15 is 0 Å². The lowest BCUT2D eigenvalue weighted by atomic mass is 9.81. The SMILES string of the molecule is CC(C)(C)OC(=O)N1CC2CC1(N)C2. The van der Waals surface area contributed by atoms with Gasteiger partial charge >= 0.3 is 6.09 Å². The molecule has 3 fully saturated rings. The van der Waals surface area contributed by atoms with E-state index in [1.807, 2.05) is 20.8 Å². The van der Waals surface area contributed by atoms with Crippen molar-refractivity contribution in [1.82, 2.24) is 4.90 Å². The van der Waals surface area contributed by atoms with Crippen LogP contribution in [0.15, 0.2) is 0 Å². The molecule has 0 radical (unpaired) electrons. The van der Waals surface area contributed by atoms with Gasteiger partial charge in [0.2, 0.25) is 0 Å². The van der Waals surface area contributed by atoms with Gasteiger partial charge in [-0.25, -0.2) is 4.79 Å². The number of carbonyl (C=O) groups is 1. The highest BCUT2D eigenvalue weighted by Gasteiger charge is 2.56. The molecular weight excluding hydrogens is 180 g/mol. The van der Waals surface area contributed by atoms with Crippen molar-refractivity contribution in [1.29, 1.82) is 0 Å². The Morgan fingerprint density at radius 2 is 2.07 bits per heavy atom. The Bertz CT molecular complexity index is 264. The van der Waals surface area contributed by atoms with Gasteiger partial charge in [-0.1, -0.05) is 0 Å². The maximum absolute atomic E-state index is 11.7. The minimum Gasteiger partial charge on any atom is -0.444 e. The van der Waals surface area contributed by atoms with Gasteiger partial charge in [-0.05, 0) is 39.5 Å². The van der Waals surface area contributed by atoms with Gasteiger partial charge in [-0.2, -0.15) is 0 Å². The maximum atomic E-state index is 11.7. The van der Waals surface area contributed by atoms with E-state index in [-0.39, 0.29) is 6.09 Å². The van der Waals surface area contributed by atoms with E-state index in [0.29, 0.717) is 5.92 Å². The molecule has 0 aromatic carbocycles. The molecule has 1 amide bonds. The van der Waals surface area contributed by atoms with Crippen LogP contribution < -0.4 is 5.73 Å². The van der Waals surface area contributed by atoms with E-state index in [2.05, 4.69) is 0 Å². The van der Waals surface area contributed by atoms with Crippen LogP contribution in [0, 0.1) is 5.92 Å². The highest BCUT2D eigenvalue weighted by atomic mass is 16.6.